The molecule has 0 bridgehead atoms. The Bertz CT molecular complexity index is 373. The largest absolute Gasteiger partial charge is 0.438 e. The molecule has 0 aromatic carbocycles. The summed E-state index contributed by atoms with van der Waals surface area (Å²) in [6.45, 7) is 2.53. The predicted octanol–water partition coefficient (Wildman–Crippen LogP) is 5.34. The molecule has 0 saturated carbocycles. The second-order valence-electron chi connectivity index (χ2n) is 4.11. The van der Waals surface area contributed by atoms with Gasteiger partial charge in [-0.2, -0.15) is 52.7 Å². The van der Waals surface area contributed by atoms with Gasteiger partial charge in [0.25, 0.3) is 0 Å². The molecular formula is C9H6F13. The van der Waals surface area contributed by atoms with Gasteiger partial charge in [0.1, 0.15) is 0 Å². The fourth-order valence-corrected chi connectivity index (χ4v) is 1.34. The lowest BCUT2D eigenvalue weighted by Gasteiger charge is -2.41. The Balaban J connectivity index is 6.38. The van der Waals surface area contributed by atoms with Gasteiger partial charge in [-0.1, -0.05) is 6.92 Å². The maximum Gasteiger partial charge on any atom is 0.438 e. The van der Waals surface area contributed by atoms with Gasteiger partial charge in [-0.25, -0.2) is 4.39 Å². The molecule has 0 aromatic heterocycles. The summed E-state index contributed by atoms with van der Waals surface area (Å²) in [6, 6.07) is 0. The molecule has 0 aliphatic rings. The second kappa shape index (κ2) is 5.32. The molecule has 0 saturated heterocycles. The van der Waals surface area contributed by atoms with E-state index in [9.17, 15) is 57.1 Å². The van der Waals surface area contributed by atoms with Crippen LogP contribution in [0.15, 0.2) is 0 Å². The minimum absolute atomic E-state index is 1.24. The molecule has 0 spiro atoms. The van der Waals surface area contributed by atoms with Gasteiger partial charge < -0.3 is 0 Å². The van der Waals surface area contributed by atoms with Gasteiger partial charge in [-0.15, -0.1) is 0 Å². The van der Waals surface area contributed by atoms with Crippen molar-refractivity contribution in [2.75, 3.05) is 0 Å². The summed E-state index contributed by atoms with van der Waals surface area (Å²) >= 11 is 0. The van der Waals surface area contributed by atoms with Crippen molar-refractivity contribution in [2.45, 2.75) is 48.6 Å². The maximum atomic E-state index is 13.0. The van der Waals surface area contributed by atoms with Gasteiger partial charge >= 0.3 is 35.8 Å². The zero-order chi connectivity index (χ0) is 18.4. The molecule has 0 fully saturated rings. The standard InChI is InChI=1S/C9H6F13/c1-2-3-4(10,11)6(13,14)7(15,16)5(12,8(17,18)19)9(20,21)22/h1-3H2. The third-order valence-corrected chi connectivity index (χ3v) is 2.56. The number of hydrogen-bond donors (Lipinski definition) is 0. The van der Waals surface area contributed by atoms with Crippen LogP contribution in [-0.2, 0) is 0 Å². The van der Waals surface area contributed by atoms with E-state index in [-0.39, 0.29) is 0 Å². The highest BCUT2D eigenvalue weighted by molar-refractivity contribution is 5.14. The highest BCUT2D eigenvalue weighted by Gasteiger charge is 2.93. The van der Waals surface area contributed by atoms with Crippen molar-refractivity contribution in [3.63, 3.8) is 0 Å². The van der Waals surface area contributed by atoms with Crippen molar-refractivity contribution in [2.24, 2.45) is 0 Å². The summed E-state index contributed by atoms with van der Waals surface area (Å²) in [4.78, 5) is 0. The summed E-state index contributed by atoms with van der Waals surface area (Å²) < 4.78 is 163. The molecular weight excluding hydrogens is 355 g/mol. The Morgan fingerprint density at radius 3 is 1.09 bits per heavy atom. The summed E-state index contributed by atoms with van der Waals surface area (Å²) in [6.07, 6.45) is -18.8. The van der Waals surface area contributed by atoms with Crippen molar-refractivity contribution in [3.8, 4) is 0 Å². The van der Waals surface area contributed by atoms with Crippen LogP contribution >= 0.6 is 0 Å². The molecule has 0 atom stereocenters. The Morgan fingerprint density at radius 2 is 0.864 bits per heavy atom. The first-order valence-electron chi connectivity index (χ1n) is 5.06. The molecule has 0 aliphatic carbocycles. The van der Waals surface area contributed by atoms with E-state index >= 15 is 0 Å². The van der Waals surface area contributed by atoms with Crippen molar-refractivity contribution >= 4 is 0 Å². The Morgan fingerprint density at radius 1 is 0.545 bits per heavy atom. The van der Waals surface area contributed by atoms with Crippen molar-refractivity contribution in [1.29, 1.82) is 0 Å². The van der Waals surface area contributed by atoms with E-state index in [1.807, 2.05) is 0 Å². The lowest BCUT2D eigenvalue weighted by atomic mass is 9.86. The van der Waals surface area contributed by atoms with Gasteiger partial charge in [-0.05, 0) is 6.42 Å². The van der Waals surface area contributed by atoms with Crippen molar-refractivity contribution in [1.82, 2.24) is 0 Å². The molecule has 13 heteroatoms. The average Bonchev–Trinajstić information content (AvgIpc) is 2.23. The van der Waals surface area contributed by atoms with Crippen molar-refractivity contribution in [3.05, 3.63) is 6.92 Å². The maximum absolute atomic E-state index is 13.0. The third-order valence-electron chi connectivity index (χ3n) is 2.56. The van der Waals surface area contributed by atoms with Crippen LogP contribution in [0.4, 0.5) is 57.1 Å². The minimum Gasteiger partial charge on any atom is -0.216 e. The fraction of sp³-hybridized carbons (Fsp3) is 0.889. The van der Waals surface area contributed by atoms with Crippen LogP contribution in [0.2, 0.25) is 0 Å². The Hall–Kier alpha value is -0.910. The van der Waals surface area contributed by atoms with Crippen LogP contribution in [0.5, 0.6) is 0 Å². The number of rotatable bonds is 5. The monoisotopic (exact) mass is 361 g/mol. The van der Waals surface area contributed by atoms with Crippen LogP contribution in [0.1, 0.15) is 12.8 Å². The zero-order valence-corrected chi connectivity index (χ0v) is 10.0. The van der Waals surface area contributed by atoms with E-state index in [0.29, 0.717) is 0 Å². The smallest absolute Gasteiger partial charge is 0.216 e. The lowest BCUT2D eigenvalue weighted by molar-refractivity contribution is -0.444. The van der Waals surface area contributed by atoms with E-state index < -0.39 is 48.6 Å². The van der Waals surface area contributed by atoms with Gasteiger partial charge in [0.05, 0.1) is 0 Å². The van der Waals surface area contributed by atoms with E-state index in [2.05, 4.69) is 6.92 Å². The van der Waals surface area contributed by atoms with Crippen molar-refractivity contribution < 1.29 is 57.1 Å². The zero-order valence-electron chi connectivity index (χ0n) is 10.0. The lowest BCUT2D eigenvalue weighted by Crippen LogP contribution is -2.73. The molecule has 1 radical (unpaired) electrons. The summed E-state index contributed by atoms with van der Waals surface area (Å²) in [7, 11) is 0. The molecule has 0 unspecified atom stereocenters. The molecule has 22 heavy (non-hydrogen) atoms. The van der Waals surface area contributed by atoms with Gasteiger partial charge in [0.2, 0.25) is 0 Å². The number of hydrogen-bond acceptors (Lipinski definition) is 0. The third kappa shape index (κ3) is 2.70. The van der Waals surface area contributed by atoms with Crippen LogP contribution < -0.4 is 0 Å². The average molecular weight is 361 g/mol. The molecule has 0 heterocycles. The normalized spacial score (nSPS) is 16.1. The van der Waals surface area contributed by atoms with Crippen LogP contribution in [0, 0.1) is 6.92 Å². The summed E-state index contributed by atoms with van der Waals surface area (Å²) in [5.41, 5.74) is -7.87. The van der Waals surface area contributed by atoms with Gasteiger partial charge in [0, 0.05) is 6.42 Å². The topological polar surface area (TPSA) is 0 Å². The summed E-state index contributed by atoms with van der Waals surface area (Å²) in [5, 5.41) is 0. The van der Waals surface area contributed by atoms with Crippen LogP contribution in [0.3, 0.4) is 0 Å². The first-order chi connectivity index (χ1) is 9.31. The molecule has 133 valence electrons. The highest BCUT2D eigenvalue weighted by Crippen LogP contribution is 2.62. The first kappa shape index (κ1) is 21.1. The highest BCUT2D eigenvalue weighted by atomic mass is 19.4. The quantitative estimate of drug-likeness (QED) is 0.580. The first-order valence-corrected chi connectivity index (χ1v) is 5.06. The molecule has 0 N–H and O–H groups in total. The predicted molar refractivity (Wildman–Crippen MR) is 45.4 cm³/mol. The Labute approximate surface area is 114 Å². The van der Waals surface area contributed by atoms with E-state index in [1.165, 1.54) is 0 Å². The molecule has 0 amide bonds. The fourth-order valence-electron chi connectivity index (χ4n) is 1.34. The van der Waals surface area contributed by atoms with Gasteiger partial charge in [0.15, 0.2) is 0 Å². The van der Waals surface area contributed by atoms with Crippen LogP contribution in [-0.4, -0.2) is 35.8 Å². The van der Waals surface area contributed by atoms with E-state index in [0.717, 1.165) is 0 Å². The Kier molecular flexibility index (Phi) is 5.10. The summed E-state index contributed by atoms with van der Waals surface area (Å²) in [5.74, 6) is -21.2. The SMILES string of the molecule is [CH2]CCC(F)(F)C(F)(F)C(F)(F)C(F)(C(F)(F)F)C(F)(F)F. The minimum atomic E-state index is -7.87. The molecule has 0 aromatic rings. The van der Waals surface area contributed by atoms with Crippen LogP contribution in [0.25, 0.3) is 0 Å². The molecule has 0 nitrogen and oxygen atoms in total. The second-order valence-corrected chi connectivity index (χ2v) is 4.11. The van der Waals surface area contributed by atoms with E-state index in [4.69, 9.17) is 0 Å². The van der Waals surface area contributed by atoms with Gasteiger partial charge in [-0.3, -0.25) is 0 Å². The molecule has 0 rings (SSSR count). The molecule has 0 aliphatic heterocycles. The number of alkyl halides is 13. The van der Waals surface area contributed by atoms with E-state index in [1.54, 1.807) is 0 Å². The number of halogens is 13.